The molecule has 27 heavy (non-hydrogen) atoms. The summed E-state index contributed by atoms with van der Waals surface area (Å²) < 4.78 is 5.47. The molecule has 2 fully saturated rings. The van der Waals surface area contributed by atoms with Gasteiger partial charge in [0.1, 0.15) is 11.5 Å². The Morgan fingerprint density at radius 1 is 1.19 bits per heavy atom. The molecule has 1 amide bonds. The first kappa shape index (κ1) is 18.4. The first-order valence-electron chi connectivity index (χ1n) is 9.91. The summed E-state index contributed by atoms with van der Waals surface area (Å²) in [5.74, 6) is 1.59. The fraction of sp³-hybridized carbons (Fsp3) is 0.737. The third-order valence-corrected chi connectivity index (χ3v) is 5.93. The number of anilines is 2. The molecule has 1 atom stereocenters. The Morgan fingerprint density at radius 2 is 1.93 bits per heavy atom. The smallest absolute Gasteiger partial charge is 0.273 e. The van der Waals surface area contributed by atoms with Gasteiger partial charge in [0.2, 0.25) is 5.95 Å². The van der Waals surface area contributed by atoms with Gasteiger partial charge in [-0.1, -0.05) is 0 Å². The lowest BCUT2D eigenvalue weighted by atomic mass is 10.2. The number of hydrogen-bond donors (Lipinski definition) is 0. The lowest BCUT2D eigenvalue weighted by molar-refractivity contribution is 0.0726. The fourth-order valence-electron chi connectivity index (χ4n) is 4.18. The van der Waals surface area contributed by atoms with Crippen molar-refractivity contribution in [2.24, 2.45) is 0 Å². The molecule has 0 bridgehead atoms. The molecule has 0 spiro atoms. The predicted molar refractivity (Wildman–Crippen MR) is 104 cm³/mol. The largest absolute Gasteiger partial charge is 0.378 e. The summed E-state index contributed by atoms with van der Waals surface area (Å²) >= 11 is 0. The third-order valence-electron chi connectivity index (χ3n) is 5.93. The summed E-state index contributed by atoms with van der Waals surface area (Å²) in [5, 5.41) is 0. The molecule has 1 aromatic rings. The van der Waals surface area contributed by atoms with Gasteiger partial charge in [-0.2, -0.15) is 4.98 Å². The number of carbonyl (C=O) groups is 1. The maximum atomic E-state index is 13.0. The van der Waals surface area contributed by atoms with Crippen molar-refractivity contribution in [3.63, 3.8) is 0 Å². The molecular weight excluding hydrogens is 344 g/mol. The Balaban J connectivity index is 1.73. The molecule has 3 aliphatic heterocycles. The molecule has 0 saturated carbocycles. The molecule has 2 saturated heterocycles. The van der Waals surface area contributed by atoms with E-state index in [1.54, 1.807) is 0 Å². The van der Waals surface area contributed by atoms with Gasteiger partial charge >= 0.3 is 0 Å². The van der Waals surface area contributed by atoms with Crippen LogP contribution >= 0.6 is 0 Å². The highest BCUT2D eigenvalue weighted by molar-refractivity contribution is 5.98. The van der Waals surface area contributed by atoms with Crippen LogP contribution in [-0.4, -0.2) is 91.2 Å². The summed E-state index contributed by atoms with van der Waals surface area (Å²) in [4.78, 5) is 31.3. The average molecular weight is 374 g/mol. The van der Waals surface area contributed by atoms with Crippen molar-refractivity contribution >= 4 is 17.7 Å². The van der Waals surface area contributed by atoms with Crippen LogP contribution in [0.5, 0.6) is 0 Å². The number of hydrogen-bond acceptors (Lipinski definition) is 7. The fourth-order valence-corrected chi connectivity index (χ4v) is 4.18. The lowest BCUT2D eigenvalue weighted by Gasteiger charge is -2.30. The number of morpholine rings is 1. The standard InChI is InChI=1S/C19H30N6O2/c1-13(2)25-12-15-16(18(25)26)20-19(24-7-9-27-10-8-24)21-17(15)23(4)14-5-6-22(3)11-14/h13-14H,5-12H2,1-4H3. The number of ether oxygens (including phenoxy) is 1. The molecule has 1 unspecified atom stereocenters. The number of amides is 1. The van der Waals surface area contributed by atoms with Gasteiger partial charge in [-0.25, -0.2) is 4.98 Å². The first-order chi connectivity index (χ1) is 13.0. The maximum absolute atomic E-state index is 13.0. The zero-order valence-corrected chi connectivity index (χ0v) is 16.8. The SMILES string of the molecule is CC(C)N1Cc2c(nc(N3CCOCC3)nc2N(C)C2CCN(C)C2)C1=O. The number of likely N-dealkylation sites (N-methyl/N-ethyl adjacent to an activating group) is 2. The van der Waals surface area contributed by atoms with Crippen molar-refractivity contribution in [3.05, 3.63) is 11.3 Å². The molecule has 0 radical (unpaired) electrons. The minimum atomic E-state index is 0.0232. The van der Waals surface area contributed by atoms with Gasteiger partial charge in [-0.3, -0.25) is 4.79 Å². The van der Waals surface area contributed by atoms with E-state index in [9.17, 15) is 4.79 Å². The number of aromatic nitrogens is 2. The van der Waals surface area contributed by atoms with E-state index in [1.807, 2.05) is 4.90 Å². The third kappa shape index (κ3) is 3.36. The van der Waals surface area contributed by atoms with E-state index in [-0.39, 0.29) is 11.9 Å². The highest BCUT2D eigenvalue weighted by Gasteiger charge is 2.37. The Bertz CT molecular complexity index is 718. The van der Waals surface area contributed by atoms with E-state index in [2.05, 4.69) is 42.6 Å². The zero-order chi connectivity index (χ0) is 19.1. The van der Waals surface area contributed by atoms with Crippen molar-refractivity contribution in [3.8, 4) is 0 Å². The molecule has 8 heteroatoms. The number of fused-ring (bicyclic) bond motifs is 1. The van der Waals surface area contributed by atoms with Crippen LogP contribution in [-0.2, 0) is 11.3 Å². The summed E-state index contributed by atoms with van der Waals surface area (Å²) in [6.45, 7) is 9.67. The minimum Gasteiger partial charge on any atom is -0.378 e. The molecule has 3 aliphatic rings. The Labute approximate surface area is 161 Å². The first-order valence-corrected chi connectivity index (χ1v) is 9.91. The number of likely N-dealkylation sites (tertiary alicyclic amines) is 1. The van der Waals surface area contributed by atoms with E-state index in [0.717, 1.165) is 44.0 Å². The highest BCUT2D eigenvalue weighted by Crippen LogP contribution is 2.33. The van der Waals surface area contributed by atoms with Crippen LogP contribution in [0.15, 0.2) is 0 Å². The van der Waals surface area contributed by atoms with Crippen molar-refractivity contribution < 1.29 is 9.53 Å². The highest BCUT2D eigenvalue weighted by atomic mass is 16.5. The van der Waals surface area contributed by atoms with Gasteiger partial charge in [-0.05, 0) is 33.9 Å². The van der Waals surface area contributed by atoms with Crippen LogP contribution < -0.4 is 9.80 Å². The summed E-state index contributed by atoms with van der Waals surface area (Å²) in [7, 11) is 4.26. The van der Waals surface area contributed by atoms with Crippen LogP contribution in [0.1, 0.15) is 36.3 Å². The summed E-state index contributed by atoms with van der Waals surface area (Å²) in [5.41, 5.74) is 1.55. The second kappa shape index (κ2) is 7.24. The molecule has 1 aromatic heterocycles. The van der Waals surface area contributed by atoms with Gasteiger partial charge in [0, 0.05) is 44.3 Å². The molecular formula is C19H30N6O2. The number of carbonyl (C=O) groups excluding carboxylic acids is 1. The van der Waals surface area contributed by atoms with E-state index >= 15 is 0 Å². The molecule has 4 heterocycles. The Morgan fingerprint density at radius 3 is 2.56 bits per heavy atom. The van der Waals surface area contributed by atoms with Gasteiger partial charge in [0.15, 0.2) is 0 Å². The predicted octanol–water partition coefficient (Wildman–Crippen LogP) is 0.818. The van der Waals surface area contributed by atoms with Crippen molar-refractivity contribution in [1.82, 2.24) is 19.8 Å². The van der Waals surface area contributed by atoms with E-state index in [0.29, 0.717) is 37.4 Å². The van der Waals surface area contributed by atoms with E-state index in [1.165, 1.54) is 0 Å². The van der Waals surface area contributed by atoms with E-state index in [4.69, 9.17) is 14.7 Å². The quantitative estimate of drug-likeness (QED) is 0.773. The molecule has 0 N–H and O–H groups in total. The number of rotatable bonds is 4. The topological polar surface area (TPSA) is 65.0 Å². The van der Waals surface area contributed by atoms with Crippen molar-refractivity contribution in [2.45, 2.75) is 38.9 Å². The normalized spacial score (nSPS) is 23.4. The van der Waals surface area contributed by atoms with Crippen LogP contribution in [0.25, 0.3) is 0 Å². The van der Waals surface area contributed by atoms with Gasteiger partial charge < -0.3 is 24.3 Å². The van der Waals surface area contributed by atoms with Gasteiger partial charge in [0.05, 0.1) is 19.8 Å². The second-order valence-electron chi connectivity index (χ2n) is 8.12. The summed E-state index contributed by atoms with van der Waals surface area (Å²) in [6, 6.07) is 0.559. The number of nitrogens with zero attached hydrogens (tertiary/aromatic N) is 6. The Kier molecular flexibility index (Phi) is 4.94. The van der Waals surface area contributed by atoms with E-state index < -0.39 is 0 Å². The van der Waals surface area contributed by atoms with Crippen LogP contribution in [0, 0.1) is 0 Å². The van der Waals surface area contributed by atoms with Crippen LogP contribution in [0.3, 0.4) is 0 Å². The monoisotopic (exact) mass is 374 g/mol. The molecule has 0 aliphatic carbocycles. The minimum absolute atomic E-state index is 0.0232. The van der Waals surface area contributed by atoms with Crippen molar-refractivity contribution in [1.29, 1.82) is 0 Å². The molecule has 148 valence electrons. The average Bonchev–Trinajstić information content (AvgIpc) is 3.25. The van der Waals surface area contributed by atoms with Crippen molar-refractivity contribution in [2.75, 3.05) is 63.3 Å². The van der Waals surface area contributed by atoms with Crippen LogP contribution in [0.2, 0.25) is 0 Å². The lowest BCUT2D eigenvalue weighted by Crippen LogP contribution is -2.39. The zero-order valence-electron chi connectivity index (χ0n) is 16.8. The Hall–Kier alpha value is -1.93. The van der Waals surface area contributed by atoms with Crippen LogP contribution in [0.4, 0.5) is 11.8 Å². The molecule has 0 aromatic carbocycles. The molecule has 8 nitrogen and oxygen atoms in total. The van der Waals surface area contributed by atoms with Gasteiger partial charge in [-0.15, -0.1) is 0 Å². The molecule has 4 rings (SSSR count). The maximum Gasteiger partial charge on any atom is 0.273 e. The summed E-state index contributed by atoms with van der Waals surface area (Å²) in [6.07, 6.45) is 1.11. The van der Waals surface area contributed by atoms with Gasteiger partial charge in [0.25, 0.3) is 5.91 Å². The second-order valence-corrected chi connectivity index (χ2v) is 8.12.